The lowest BCUT2D eigenvalue weighted by Crippen LogP contribution is -2.44. The van der Waals surface area contributed by atoms with E-state index in [1.54, 1.807) is 0 Å². The Balaban J connectivity index is 0.000000924. The standard InChI is InChI=1S/C18H21NO2.C2H6/c20-18(16-9-5-2-6-10-16)17-14-19(11-12-21-17)13-15-7-3-1-4-8-15;1-2/h1-10,17-18,20H,11-14H2;1-2H3. The molecule has 0 saturated carbocycles. The first kappa shape index (κ1) is 17.7. The molecule has 0 spiro atoms. The number of rotatable bonds is 4. The van der Waals surface area contributed by atoms with Crippen molar-refractivity contribution in [2.24, 2.45) is 0 Å². The quantitative estimate of drug-likeness (QED) is 0.935. The third kappa shape index (κ3) is 5.17. The average Bonchev–Trinajstić information content (AvgIpc) is 2.64. The van der Waals surface area contributed by atoms with Crippen LogP contribution in [0, 0.1) is 0 Å². The van der Waals surface area contributed by atoms with Gasteiger partial charge in [0.2, 0.25) is 0 Å². The zero-order valence-corrected chi connectivity index (χ0v) is 14.1. The van der Waals surface area contributed by atoms with Crippen molar-refractivity contribution in [2.75, 3.05) is 19.7 Å². The SMILES string of the molecule is CC.OC(c1ccccc1)C1CN(Cc2ccccc2)CCO1. The molecule has 0 bridgehead atoms. The Hall–Kier alpha value is -1.68. The summed E-state index contributed by atoms with van der Waals surface area (Å²) in [7, 11) is 0. The van der Waals surface area contributed by atoms with Crippen molar-refractivity contribution in [1.29, 1.82) is 0 Å². The van der Waals surface area contributed by atoms with Crippen molar-refractivity contribution in [2.45, 2.75) is 32.6 Å². The number of hydrogen-bond acceptors (Lipinski definition) is 3. The predicted molar refractivity (Wildman–Crippen MR) is 94.2 cm³/mol. The molecule has 124 valence electrons. The lowest BCUT2D eigenvalue weighted by atomic mass is 10.0. The van der Waals surface area contributed by atoms with E-state index in [0.717, 1.165) is 25.2 Å². The Kier molecular flexibility index (Phi) is 7.27. The molecule has 1 N–H and O–H groups in total. The molecule has 0 radical (unpaired) electrons. The summed E-state index contributed by atoms with van der Waals surface area (Å²) in [6, 6.07) is 20.2. The maximum atomic E-state index is 10.5. The van der Waals surface area contributed by atoms with E-state index in [-0.39, 0.29) is 6.10 Å². The number of aliphatic hydroxyl groups is 1. The minimum Gasteiger partial charge on any atom is -0.386 e. The van der Waals surface area contributed by atoms with Gasteiger partial charge in [0.05, 0.1) is 6.61 Å². The van der Waals surface area contributed by atoms with Gasteiger partial charge in [0.15, 0.2) is 0 Å². The molecule has 0 amide bonds. The largest absolute Gasteiger partial charge is 0.386 e. The van der Waals surface area contributed by atoms with Gasteiger partial charge in [-0.05, 0) is 11.1 Å². The number of ether oxygens (including phenoxy) is 1. The molecule has 2 aromatic rings. The Labute approximate surface area is 139 Å². The van der Waals surface area contributed by atoms with E-state index in [1.165, 1.54) is 5.56 Å². The van der Waals surface area contributed by atoms with E-state index >= 15 is 0 Å². The second-order valence-electron chi connectivity index (χ2n) is 5.49. The van der Waals surface area contributed by atoms with Gasteiger partial charge in [-0.2, -0.15) is 0 Å². The minimum atomic E-state index is -0.565. The first-order valence-corrected chi connectivity index (χ1v) is 8.44. The zero-order chi connectivity index (χ0) is 16.5. The molecular weight excluding hydrogens is 286 g/mol. The van der Waals surface area contributed by atoms with Gasteiger partial charge < -0.3 is 9.84 Å². The summed E-state index contributed by atoms with van der Waals surface area (Å²) in [6.45, 7) is 7.24. The Morgan fingerprint density at radius 3 is 2.30 bits per heavy atom. The number of morpholine rings is 1. The number of benzene rings is 2. The molecule has 1 aliphatic heterocycles. The van der Waals surface area contributed by atoms with Crippen LogP contribution in [0.2, 0.25) is 0 Å². The maximum absolute atomic E-state index is 10.5. The first-order chi connectivity index (χ1) is 11.3. The van der Waals surface area contributed by atoms with Crippen LogP contribution < -0.4 is 0 Å². The van der Waals surface area contributed by atoms with Crippen LogP contribution in [-0.4, -0.2) is 35.8 Å². The summed E-state index contributed by atoms with van der Waals surface area (Å²) >= 11 is 0. The molecule has 1 heterocycles. The maximum Gasteiger partial charge on any atom is 0.106 e. The van der Waals surface area contributed by atoms with E-state index in [4.69, 9.17) is 4.74 Å². The van der Waals surface area contributed by atoms with Crippen LogP contribution in [0.4, 0.5) is 0 Å². The highest BCUT2D eigenvalue weighted by atomic mass is 16.5. The van der Waals surface area contributed by atoms with Crippen LogP contribution in [0.5, 0.6) is 0 Å². The molecule has 1 fully saturated rings. The summed E-state index contributed by atoms with van der Waals surface area (Å²) in [5.41, 5.74) is 2.22. The van der Waals surface area contributed by atoms with Gasteiger partial charge in [0.1, 0.15) is 12.2 Å². The molecule has 2 unspecified atom stereocenters. The van der Waals surface area contributed by atoms with Crippen molar-refractivity contribution in [1.82, 2.24) is 4.90 Å². The molecule has 3 nitrogen and oxygen atoms in total. The minimum absolute atomic E-state index is 0.162. The highest BCUT2D eigenvalue weighted by molar-refractivity contribution is 5.19. The van der Waals surface area contributed by atoms with E-state index in [2.05, 4.69) is 29.2 Å². The smallest absolute Gasteiger partial charge is 0.106 e. The highest BCUT2D eigenvalue weighted by Crippen LogP contribution is 2.22. The Bertz CT molecular complexity index is 544. The van der Waals surface area contributed by atoms with E-state index in [9.17, 15) is 5.11 Å². The van der Waals surface area contributed by atoms with Crippen LogP contribution in [0.1, 0.15) is 31.1 Å². The Morgan fingerprint density at radius 1 is 1.04 bits per heavy atom. The molecule has 3 rings (SSSR count). The van der Waals surface area contributed by atoms with Crippen molar-refractivity contribution < 1.29 is 9.84 Å². The van der Waals surface area contributed by atoms with Crippen LogP contribution in [-0.2, 0) is 11.3 Å². The lowest BCUT2D eigenvalue weighted by molar-refractivity contribution is -0.0918. The summed E-state index contributed by atoms with van der Waals surface area (Å²) in [4.78, 5) is 2.34. The van der Waals surface area contributed by atoms with Gasteiger partial charge in [0.25, 0.3) is 0 Å². The molecule has 2 aromatic carbocycles. The second-order valence-corrected chi connectivity index (χ2v) is 5.49. The van der Waals surface area contributed by atoms with Gasteiger partial charge in [-0.25, -0.2) is 0 Å². The summed E-state index contributed by atoms with van der Waals surface area (Å²) < 4.78 is 5.77. The van der Waals surface area contributed by atoms with Crippen molar-refractivity contribution in [3.63, 3.8) is 0 Å². The first-order valence-electron chi connectivity index (χ1n) is 8.44. The number of aliphatic hydroxyl groups excluding tert-OH is 1. The highest BCUT2D eigenvalue weighted by Gasteiger charge is 2.27. The van der Waals surface area contributed by atoms with Gasteiger partial charge in [-0.3, -0.25) is 4.90 Å². The molecule has 3 heteroatoms. The van der Waals surface area contributed by atoms with E-state index < -0.39 is 6.10 Å². The fraction of sp³-hybridized carbons (Fsp3) is 0.400. The molecule has 1 aliphatic rings. The van der Waals surface area contributed by atoms with E-state index in [0.29, 0.717) is 6.61 Å². The van der Waals surface area contributed by atoms with Gasteiger partial charge in [-0.15, -0.1) is 0 Å². The zero-order valence-electron chi connectivity index (χ0n) is 14.1. The predicted octanol–water partition coefficient (Wildman–Crippen LogP) is 3.65. The lowest BCUT2D eigenvalue weighted by Gasteiger charge is -2.35. The fourth-order valence-electron chi connectivity index (χ4n) is 2.77. The van der Waals surface area contributed by atoms with Crippen molar-refractivity contribution >= 4 is 0 Å². The van der Waals surface area contributed by atoms with Crippen LogP contribution in [0.3, 0.4) is 0 Å². The molecular formula is C20H27NO2. The van der Waals surface area contributed by atoms with E-state index in [1.807, 2.05) is 50.2 Å². The topological polar surface area (TPSA) is 32.7 Å². The monoisotopic (exact) mass is 313 g/mol. The van der Waals surface area contributed by atoms with Gasteiger partial charge >= 0.3 is 0 Å². The van der Waals surface area contributed by atoms with Gasteiger partial charge in [0, 0.05) is 19.6 Å². The number of nitrogens with zero attached hydrogens (tertiary/aromatic N) is 1. The summed E-state index contributed by atoms with van der Waals surface area (Å²) in [6.07, 6.45) is -0.727. The average molecular weight is 313 g/mol. The summed E-state index contributed by atoms with van der Waals surface area (Å²) in [5.74, 6) is 0. The number of hydrogen-bond donors (Lipinski definition) is 1. The summed E-state index contributed by atoms with van der Waals surface area (Å²) in [5, 5.41) is 10.5. The fourth-order valence-corrected chi connectivity index (χ4v) is 2.77. The van der Waals surface area contributed by atoms with Crippen molar-refractivity contribution in [3.05, 3.63) is 71.8 Å². The molecule has 1 saturated heterocycles. The van der Waals surface area contributed by atoms with Gasteiger partial charge in [-0.1, -0.05) is 74.5 Å². The Morgan fingerprint density at radius 2 is 1.65 bits per heavy atom. The van der Waals surface area contributed by atoms with Crippen LogP contribution in [0.25, 0.3) is 0 Å². The van der Waals surface area contributed by atoms with Crippen molar-refractivity contribution in [3.8, 4) is 0 Å². The molecule has 2 atom stereocenters. The third-order valence-corrected chi connectivity index (χ3v) is 3.92. The third-order valence-electron chi connectivity index (χ3n) is 3.92. The van der Waals surface area contributed by atoms with Crippen LogP contribution in [0.15, 0.2) is 60.7 Å². The second kappa shape index (κ2) is 9.46. The molecule has 0 aromatic heterocycles. The molecule has 0 aliphatic carbocycles. The van der Waals surface area contributed by atoms with Crippen LogP contribution >= 0.6 is 0 Å². The normalized spacial score (nSPS) is 19.5. The molecule has 23 heavy (non-hydrogen) atoms.